The van der Waals surface area contributed by atoms with Crippen molar-refractivity contribution < 1.29 is 14.3 Å². The van der Waals surface area contributed by atoms with Gasteiger partial charge in [-0.15, -0.1) is 0 Å². The minimum absolute atomic E-state index is 0.183. The third-order valence-electron chi connectivity index (χ3n) is 6.79. The molecular weight excluding hydrogens is 528 g/mol. The molecule has 9 nitrogen and oxygen atoms in total. The predicted molar refractivity (Wildman–Crippen MR) is 157 cm³/mol. The zero-order valence-electron chi connectivity index (χ0n) is 22.5. The highest BCUT2D eigenvalue weighted by molar-refractivity contribution is 6.32. The van der Waals surface area contributed by atoms with Crippen LogP contribution in [-0.2, 0) is 11.4 Å². The molecule has 0 aliphatic carbocycles. The lowest BCUT2D eigenvalue weighted by atomic mass is 10.0. The molecule has 0 atom stereocenters. The molecule has 1 saturated heterocycles. The SMILES string of the molecule is CCN1CCC(=CC(=O)Nc2cc3c(Nc4ccc(OCc5ccccn5)c(Cl)c4)ncnc3cc2OC)CC1. The second kappa shape index (κ2) is 12.8. The van der Waals surface area contributed by atoms with Crippen LogP contribution in [0.25, 0.3) is 10.9 Å². The molecule has 4 aromatic rings. The number of anilines is 3. The number of aromatic nitrogens is 3. The number of fused-ring (bicyclic) bond motifs is 1. The lowest BCUT2D eigenvalue weighted by Gasteiger charge is -2.26. The van der Waals surface area contributed by atoms with Gasteiger partial charge in [-0.2, -0.15) is 0 Å². The van der Waals surface area contributed by atoms with Gasteiger partial charge in [0.2, 0.25) is 5.91 Å². The second-order valence-corrected chi connectivity index (χ2v) is 9.81. The molecule has 40 heavy (non-hydrogen) atoms. The van der Waals surface area contributed by atoms with Crippen molar-refractivity contribution in [2.45, 2.75) is 26.4 Å². The van der Waals surface area contributed by atoms with Crippen LogP contribution in [0.5, 0.6) is 11.5 Å². The van der Waals surface area contributed by atoms with Crippen molar-refractivity contribution in [3.05, 3.63) is 83.4 Å². The van der Waals surface area contributed by atoms with E-state index < -0.39 is 0 Å². The van der Waals surface area contributed by atoms with Crippen molar-refractivity contribution in [2.75, 3.05) is 37.4 Å². The number of ether oxygens (including phenoxy) is 2. The molecule has 3 heterocycles. The molecule has 0 bridgehead atoms. The third-order valence-corrected chi connectivity index (χ3v) is 7.09. The molecule has 1 aliphatic rings. The molecular formula is C30H31ClN6O3. The van der Waals surface area contributed by atoms with E-state index >= 15 is 0 Å². The number of carbonyl (C=O) groups excluding carboxylic acids is 1. The highest BCUT2D eigenvalue weighted by Gasteiger charge is 2.16. The molecule has 0 unspecified atom stereocenters. The summed E-state index contributed by atoms with van der Waals surface area (Å²) in [5, 5.41) is 7.46. The van der Waals surface area contributed by atoms with Gasteiger partial charge in [0.25, 0.3) is 0 Å². The smallest absolute Gasteiger partial charge is 0.248 e. The van der Waals surface area contributed by atoms with Gasteiger partial charge in [0.05, 0.1) is 29.0 Å². The van der Waals surface area contributed by atoms with E-state index in [2.05, 4.69) is 37.4 Å². The van der Waals surface area contributed by atoms with Crippen LogP contribution in [0.4, 0.5) is 17.2 Å². The van der Waals surface area contributed by atoms with E-state index in [1.807, 2.05) is 30.3 Å². The Morgan fingerprint density at radius 1 is 1.07 bits per heavy atom. The summed E-state index contributed by atoms with van der Waals surface area (Å²) in [5.74, 6) is 1.44. The Balaban J connectivity index is 1.33. The van der Waals surface area contributed by atoms with E-state index in [1.54, 1.807) is 37.6 Å². The Kier molecular flexibility index (Phi) is 8.73. The van der Waals surface area contributed by atoms with Gasteiger partial charge in [0.1, 0.15) is 30.3 Å². The number of amides is 1. The number of hydrogen-bond acceptors (Lipinski definition) is 8. The maximum absolute atomic E-state index is 12.9. The van der Waals surface area contributed by atoms with Crippen LogP contribution in [0.1, 0.15) is 25.5 Å². The van der Waals surface area contributed by atoms with Gasteiger partial charge in [-0.25, -0.2) is 9.97 Å². The van der Waals surface area contributed by atoms with E-state index in [0.29, 0.717) is 45.5 Å². The fourth-order valence-electron chi connectivity index (χ4n) is 4.57. The van der Waals surface area contributed by atoms with Gasteiger partial charge < -0.3 is 25.0 Å². The number of methoxy groups -OCH3 is 1. The fraction of sp³-hybridized carbons (Fsp3) is 0.267. The number of nitrogens with zero attached hydrogens (tertiary/aromatic N) is 4. The summed E-state index contributed by atoms with van der Waals surface area (Å²) < 4.78 is 11.4. The number of hydrogen-bond donors (Lipinski definition) is 2. The van der Waals surface area contributed by atoms with E-state index in [4.69, 9.17) is 21.1 Å². The summed E-state index contributed by atoms with van der Waals surface area (Å²) >= 11 is 6.51. The molecule has 1 amide bonds. The van der Waals surface area contributed by atoms with Crippen molar-refractivity contribution in [2.24, 2.45) is 0 Å². The molecule has 2 N–H and O–H groups in total. The zero-order chi connectivity index (χ0) is 27.9. The lowest BCUT2D eigenvalue weighted by molar-refractivity contribution is -0.112. The van der Waals surface area contributed by atoms with Crippen molar-refractivity contribution >= 4 is 45.6 Å². The second-order valence-electron chi connectivity index (χ2n) is 9.40. The Bertz CT molecular complexity index is 1520. The number of halogens is 1. The zero-order valence-corrected chi connectivity index (χ0v) is 23.2. The average molecular weight is 559 g/mol. The first-order valence-electron chi connectivity index (χ1n) is 13.2. The Hall–Kier alpha value is -4.21. The number of carbonyl (C=O) groups is 1. The fourth-order valence-corrected chi connectivity index (χ4v) is 4.81. The number of benzene rings is 2. The summed E-state index contributed by atoms with van der Waals surface area (Å²) in [7, 11) is 1.57. The first kappa shape index (κ1) is 27.4. The average Bonchev–Trinajstić information content (AvgIpc) is 2.97. The van der Waals surface area contributed by atoms with Crippen LogP contribution < -0.4 is 20.1 Å². The summed E-state index contributed by atoms with van der Waals surface area (Å²) in [5.41, 5.74) is 3.89. The number of likely N-dealkylation sites (tertiary alicyclic amines) is 1. The summed E-state index contributed by atoms with van der Waals surface area (Å²) in [4.78, 5) is 28.4. The van der Waals surface area contributed by atoms with Gasteiger partial charge >= 0.3 is 0 Å². The lowest BCUT2D eigenvalue weighted by Crippen LogP contribution is -2.30. The van der Waals surface area contributed by atoms with Crippen LogP contribution in [0.15, 0.2) is 72.7 Å². The van der Waals surface area contributed by atoms with E-state index in [0.717, 1.165) is 49.4 Å². The van der Waals surface area contributed by atoms with Crippen LogP contribution in [0.3, 0.4) is 0 Å². The van der Waals surface area contributed by atoms with E-state index in [-0.39, 0.29) is 5.91 Å². The minimum atomic E-state index is -0.183. The van der Waals surface area contributed by atoms with Crippen LogP contribution in [0, 0.1) is 0 Å². The maximum atomic E-state index is 12.9. The summed E-state index contributed by atoms with van der Waals surface area (Å²) in [6.07, 6.45) is 6.69. The van der Waals surface area contributed by atoms with Gasteiger partial charge in [-0.3, -0.25) is 9.78 Å². The molecule has 5 rings (SSSR count). The van der Waals surface area contributed by atoms with Crippen molar-refractivity contribution in [3.63, 3.8) is 0 Å². The monoisotopic (exact) mass is 558 g/mol. The largest absolute Gasteiger partial charge is 0.494 e. The maximum Gasteiger partial charge on any atom is 0.248 e. The van der Waals surface area contributed by atoms with E-state index in [9.17, 15) is 4.79 Å². The molecule has 2 aromatic carbocycles. The molecule has 2 aromatic heterocycles. The third kappa shape index (κ3) is 6.67. The van der Waals surface area contributed by atoms with Crippen molar-refractivity contribution in [1.29, 1.82) is 0 Å². The molecule has 0 spiro atoms. The number of pyridine rings is 1. The topological polar surface area (TPSA) is 102 Å². The quantitative estimate of drug-likeness (QED) is 0.242. The van der Waals surface area contributed by atoms with Crippen LogP contribution in [0.2, 0.25) is 5.02 Å². The Morgan fingerprint density at radius 2 is 1.93 bits per heavy atom. The van der Waals surface area contributed by atoms with Gasteiger partial charge in [-0.1, -0.05) is 30.2 Å². The standard InChI is InChI=1S/C30H31ClN6O3/c1-3-37-12-9-20(10-13-37)14-29(38)36-26-16-23-25(17-28(26)39-2)33-19-34-30(23)35-21-7-8-27(24(31)15-21)40-18-22-6-4-5-11-32-22/h4-8,11,14-17,19H,3,9-10,12-13,18H2,1-2H3,(H,36,38)(H,33,34,35). The molecule has 10 heteroatoms. The normalized spacial score (nSPS) is 13.6. The van der Waals surface area contributed by atoms with Gasteiger partial charge in [0.15, 0.2) is 0 Å². The Labute approximate surface area is 238 Å². The molecule has 0 radical (unpaired) electrons. The number of piperidine rings is 1. The number of rotatable bonds is 9. The summed E-state index contributed by atoms with van der Waals surface area (Å²) in [6, 6.07) is 14.7. The first-order valence-corrected chi connectivity index (χ1v) is 13.5. The van der Waals surface area contributed by atoms with Gasteiger partial charge in [0, 0.05) is 42.5 Å². The molecule has 1 aliphatic heterocycles. The van der Waals surface area contributed by atoms with Crippen molar-refractivity contribution in [3.8, 4) is 11.5 Å². The van der Waals surface area contributed by atoms with Crippen LogP contribution >= 0.6 is 11.6 Å². The highest BCUT2D eigenvalue weighted by Crippen LogP contribution is 2.35. The minimum Gasteiger partial charge on any atom is -0.494 e. The van der Waals surface area contributed by atoms with E-state index in [1.165, 1.54) is 6.33 Å². The number of nitrogens with one attached hydrogen (secondary N) is 2. The van der Waals surface area contributed by atoms with Crippen LogP contribution in [-0.4, -0.2) is 52.5 Å². The molecule has 206 valence electrons. The first-order chi connectivity index (χ1) is 19.5. The van der Waals surface area contributed by atoms with Gasteiger partial charge in [-0.05, 0) is 55.8 Å². The Morgan fingerprint density at radius 3 is 2.65 bits per heavy atom. The summed E-state index contributed by atoms with van der Waals surface area (Å²) in [6.45, 7) is 5.45. The molecule has 0 saturated carbocycles. The molecule has 1 fully saturated rings. The van der Waals surface area contributed by atoms with Crippen molar-refractivity contribution in [1.82, 2.24) is 19.9 Å². The predicted octanol–water partition coefficient (Wildman–Crippen LogP) is 5.99. The highest BCUT2D eigenvalue weighted by atomic mass is 35.5.